The van der Waals surface area contributed by atoms with E-state index < -0.39 is 0 Å². The topological polar surface area (TPSA) is 70.7 Å². The van der Waals surface area contributed by atoms with Gasteiger partial charge in [0.25, 0.3) is 5.56 Å². The fraction of sp³-hybridized carbons (Fsp3) is 0. The van der Waals surface area contributed by atoms with Crippen molar-refractivity contribution in [1.82, 2.24) is 9.55 Å². The molecule has 0 fully saturated rings. The average Bonchev–Trinajstić information content (AvgIpc) is 2.76. The number of pyridine rings is 2. The fourth-order valence-electron chi connectivity index (χ4n) is 3.04. The summed E-state index contributed by atoms with van der Waals surface area (Å²) in [6.45, 7) is 0. The molecule has 0 radical (unpaired) electrons. The second-order valence-corrected chi connectivity index (χ2v) is 6.17. The van der Waals surface area contributed by atoms with Gasteiger partial charge in [0.2, 0.25) is 0 Å². The van der Waals surface area contributed by atoms with Gasteiger partial charge in [-0.25, -0.2) is 0 Å². The summed E-state index contributed by atoms with van der Waals surface area (Å²) in [4.78, 5) is 17.3. The second-order valence-electron chi connectivity index (χ2n) is 6.17. The number of nitriles is 1. The minimum atomic E-state index is -0.186. The van der Waals surface area contributed by atoms with Crippen molar-refractivity contribution < 1.29 is 0 Å². The van der Waals surface area contributed by atoms with E-state index in [9.17, 15) is 10.1 Å². The zero-order chi connectivity index (χ0) is 19.3. The van der Waals surface area contributed by atoms with Gasteiger partial charge in [-0.3, -0.25) is 14.3 Å². The summed E-state index contributed by atoms with van der Waals surface area (Å²) >= 11 is 0. The summed E-state index contributed by atoms with van der Waals surface area (Å²) in [7, 11) is 0. The zero-order valence-corrected chi connectivity index (χ0v) is 14.9. The maximum absolute atomic E-state index is 13.3. The summed E-state index contributed by atoms with van der Waals surface area (Å²) < 4.78 is 1.59. The molecule has 0 bridgehead atoms. The summed E-state index contributed by atoms with van der Waals surface area (Å²) in [5, 5.41) is 12.8. The molecule has 5 heteroatoms. The van der Waals surface area contributed by atoms with Gasteiger partial charge in [-0.15, -0.1) is 0 Å². The van der Waals surface area contributed by atoms with Crippen molar-refractivity contribution in [2.45, 2.75) is 0 Å². The molecule has 2 aromatic heterocycles. The molecule has 0 spiro atoms. The number of nitrogens with zero attached hydrogens (tertiary/aromatic N) is 3. The molecule has 0 aliphatic rings. The summed E-state index contributed by atoms with van der Waals surface area (Å²) in [6.07, 6.45) is 5.15. The Kier molecular flexibility index (Phi) is 4.68. The Morgan fingerprint density at radius 2 is 1.57 bits per heavy atom. The molecule has 5 nitrogen and oxygen atoms in total. The largest absolute Gasteiger partial charge is 0.354 e. The van der Waals surface area contributed by atoms with Gasteiger partial charge in [-0.2, -0.15) is 5.26 Å². The predicted octanol–water partition coefficient (Wildman–Crippen LogP) is 4.51. The number of aromatic nitrogens is 2. The summed E-state index contributed by atoms with van der Waals surface area (Å²) in [6, 6.07) is 24.2. The lowest BCUT2D eigenvalue weighted by molar-refractivity contribution is 0.995. The molecule has 0 aliphatic heterocycles. The average molecular weight is 364 g/mol. The zero-order valence-electron chi connectivity index (χ0n) is 14.9. The second kappa shape index (κ2) is 7.60. The molecule has 0 atom stereocenters. The van der Waals surface area contributed by atoms with Gasteiger partial charge < -0.3 is 5.32 Å². The molecule has 0 aliphatic carbocycles. The van der Waals surface area contributed by atoms with Crippen LogP contribution in [0.4, 0.5) is 11.4 Å². The van der Waals surface area contributed by atoms with E-state index >= 15 is 0 Å². The van der Waals surface area contributed by atoms with E-state index in [4.69, 9.17) is 0 Å². The first-order valence-corrected chi connectivity index (χ1v) is 8.75. The van der Waals surface area contributed by atoms with E-state index in [1.165, 1.54) is 0 Å². The highest BCUT2D eigenvalue weighted by Gasteiger charge is 2.13. The van der Waals surface area contributed by atoms with Crippen molar-refractivity contribution in [2.75, 3.05) is 5.32 Å². The van der Waals surface area contributed by atoms with Crippen molar-refractivity contribution >= 4 is 11.4 Å². The Labute approximate surface area is 162 Å². The number of benzene rings is 2. The first-order valence-electron chi connectivity index (χ1n) is 8.75. The molecular formula is C23H16N4O. The molecule has 1 N–H and O–H groups in total. The number of hydrogen-bond donors (Lipinski definition) is 1. The van der Waals surface area contributed by atoms with Gasteiger partial charge in [-0.1, -0.05) is 36.4 Å². The molecule has 2 heterocycles. The van der Waals surface area contributed by atoms with E-state index in [-0.39, 0.29) is 5.56 Å². The molecule has 0 saturated heterocycles. The third kappa shape index (κ3) is 3.39. The fourth-order valence-corrected chi connectivity index (χ4v) is 3.04. The number of nitrogens with one attached hydrogen (secondary N) is 1. The van der Waals surface area contributed by atoms with Crippen molar-refractivity contribution in [2.24, 2.45) is 0 Å². The van der Waals surface area contributed by atoms with Gasteiger partial charge in [0.1, 0.15) is 0 Å². The van der Waals surface area contributed by atoms with Gasteiger partial charge in [-0.05, 0) is 36.4 Å². The lowest BCUT2D eigenvalue weighted by atomic mass is 10.0. The predicted molar refractivity (Wildman–Crippen MR) is 110 cm³/mol. The molecule has 0 amide bonds. The number of hydrogen-bond acceptors (Lipinski definition) is 4. The first kappa shape index (κ1) is 17.3. The molecule has 4 aromatic rings. The van der Waals surface area contributed by atoms with Crippen LogP contribution in [-0.2, 0) is 0 Å². The molecule has 134 valence electrons. The Morgan fingerprint density at radius 3 is 2.32 bits per heavy atom. The molecule has 4 rings (SSSR count). The van der Waals surface area contributed by atoms with Crippen LogP contribution in [0.15, 0.2) is 96.2 Å². The van der Waals surface area contributed by atoms with Crippen LogP contribution in [0.25, 0.3) is 16.8 Å². The van der Waals surface area contributed by atoms with Crippen LogP contribution in [0.5, 0.6) is 0 Å². The van der Waals surface area contributed by atoms with Crippen LogP contribution in [0.3, 0.4) is 0 Å². The third-order valence-corrected chi connectivity index (χ3v) is 4.36. The Bertz CT molecular complexity index is 1210. The van der Waals surface area contributed by atoms with Crippen molar-refractivity contribution in [3.8, 4) is 22.9 Å². The molecule has 0 saturated carbocycles. The SMILES string of the molecule is N#Cc1ccccc1-c1cc(Nc2ccncc2)cn(-c2ccccc2)c1=O. The molecule has 0 unspecified atom stereocenters. The van der Waals surface area contributed by atoms with Crippen molar-refractivity contribution in [1.29, 1.82) is 5.26 Å². The Balaban J connectivity index is 1.94. The minimum Gasteiger partial charge on any atom is -0.354 e. The lowest BCUT2D eigenvalue weighted by Crippen LogP contribution is -2.20. The maximum atomic E-state index is 13.3. The Morgan fingerprint density at radius 1 is 0.857 bits per heavy atom. The van der Waals surface area contributed by atoms with Crippen LogP contribution >= 0.6 is 0 Å². The molecule has 2 aromatic carbocycles. The van der Waals surface area contributed by atoms with Gasteiger partial charge in [0.15, 0.2) is 0 Å². The highest BCUT2D eigenvalue weighted by atomic mass is 16.1. The number of rotatable bonds is 4. The van der Waals surface area contributed by atoms with E-state index in [1.54, 1.807) is 47.4 Å². The maximum Gasteiger partial charge on any atom is 0.263 e. The molecular weight excluding hydrogens is 348 g/mol. The van der Waals surface area contributed by atoms with Gasteiger partial charge in [0, 0.05) is 35.5 Å². The lowest BCUT2D eigenvalue weighted by Gasteiger charge is -2.14. The number of para-hydroxylation sites is 1. The smallest absolute Gasteiger partial charge is 0.263 e. The van der Waals surface area contributed by atoms with Crippen LogP contribution in [0.2, 0.25) is 0 Å². The monoisotopic (exact) mass is 364 g/mol. The quantitative estimate of drug-likeness (QED) is 0.578. The van der Waals surface area contributed by atoms with Gasteiger partial charge in [0.05, 0.1) is 22.9 Å². The van der Waals surface area contributed by atoms with Crippen LogP contribution in [0.1, 0.15) is 5.56 Å². The van der Waals surface area contributed by atoms with E-state index in [1.807, 2.05) is 48.5 Å². The summed E-state index contributed by atoms with van der Waals surface area (Å²) in [5.74, 6) is 0. The summed E-state index contributed by atoms with van der Waals surface area (Å²) in [5.41, 5.74) is 3.68. The van der Waals surface area contributed by atoms with Crippen molar-refractivity contribution in [3.63, 3.8) is 0 Å². The normalized spacial score (nSPS) is 10.2. The van der Waals surface area contributed by atoms with E-state index in [0.717, 1.165) is 17.1 Å². The first-order chi connectivity index (χ1) is 13.8. The standard InChI is InChI=1S/C23H16N4O/c24-15-17-6-4-5-9-21(17)22-14-19(26-18-10-12-25-13-11-18)16-27(23(22)28)20-7-2-1-3-8-20/h1-14,16H,(H,25,26). The van der Waals surface area contributed by atoms with Crippen LogP contribution < -0.4 is 10.9 Å². The molecule has 28 heavy (non-hydrogen) atoms. The van der Waals surface area contributed by atoms with E-state index in [0.29, 0.717) is 16.7 Å². The Hall–Kier alpha value is -4.17. The highest BCUT2D eigenvalue weighted by molar-refractivity contribution is 5.74. The van der Waals surface area contributed by atoms with Crippen LogP contribution in [-0.4, -0.2) is 9.55 Å². The highest BCUT2D eigenvalue weighted by Crippen LogP contribution is 2.25. The number of anilines is 2. The van der Waals surface area contributed by atoms with Crippen molar-refractivity contribution in [3.05, 3.63) is 107 Å². The third-order valence-electron chi connectivity index (χ3n) is 4.36. The van der Waals surface area contributed by atoms with E-state index in [2.05, 4.69) is 16.4 Å². The van der Waals surface area contributed by atoms with Crippen LogP contribution in [0, 0.1) is 11.3 Å². The minimum absolute atomic E-state index is 0.186. The van der Waals surface area contributed by atoms with Gasteiger partial charge >= 0.3 is 0 Å².